The second kappa shape index (κ2) is 29.2. The molecule has 0 heterocycles. The van der Waals surface area contributed by atoms with Gasteiger partial charge in [-0.1, -0.05) is 0 Å². The molecule has 0 aromatic heterocycles. The average Bonchev–Trinajstić information content (AvgIpc) is 2.29. The molecule has 0 aliphatic rings. The van der Waals surface area contributed by atoms with Crippen LogP contribution in [0.3, 0.4) is 0 Å². The van der Waals surface area contributed by atoms with Crippen molar-refractivity contribution in [1.82, 2.24) is 0 Å². The Morgan fingerprint density at radius 1 is 0.824 bits per heavy atom. The summed E-state index contributed by atoms with van der Waals surface area (Å²) in [7, 11) is 0. The first-order chi connectivity index (χ1) is 7.83. The number of rotatable bonds is 1. The smallest absolute Gasteiger partial charge is 0.155 e. The Morgan fingerprint density at radius 2 is 0.941 bits per heavy atom. The monoisotopic (exact) mass is 252 g/mol. The van der Waals surface area contributed by atoms with Crippen LogP contribution in [0.15, 0.2) is 25.0 Å². The largest absolute Gasteiger partial charge is 0.512 e. The molecule has 5 N–H and O–H groups in total. The maximum atomic E-state index is 9.56. The Hall–Kier alpha value is -2.02. The molecular weight excluding hydrogens is 232 g/mol. The average molecular weight is 252 g/mol. The molecule has 102 valence electrons. The van der Waals surface area contributed by atoms with Gasteiger partial charge in [0, 0.05) is 0 Å². The molecule has 0 saturated carbocycles. The first-order valence-electron chi connectivity index (χ1n) is 4.28. The maximum Gasteiger partial charge on any atom is 0.155 e. The topological polar surface area (TPSA) is 135 Å². The molecule has 0 spiro atoms. The molecule has 7 heteroatoms. The van der Waals surface area contributed by atoms with E-state index in [1.807, 2.05) is 0 Å². The van der Waals surface area contributed by atoms with Crippen LogP contribution in [-0.4, -0.2) is 43.7 Å². The lowest BCUT2D eigenvalue weighted by molar-refractivity contribution is -0.119. The highest BCUT2D eigenvalue weighted by atomic mass is 16.3. The van der Waals surface area contributed by atoms with Crippen molar-refractivity contribution in [1.29, 1.82) is 0 Å². The minimum absolute atomic E-state index is 0.167. The van der Waals surface area contributed by atoms with Crippen molar-refractivity contribution in [3.8, 4) is 0 Å². The highest BCUT2D eigenvalue weighted by Gasteiger charge is 1.78. The Balaban J connectivity index is -0.0000000667. The van der Waals surface area contributed by atoms with Gasteiger partial charge in [0.25, 0.3) is 0 Å². The van der Waals surface area contributed by atoms with E-state index in [9.17, 15) is 9.59 Å². The summed E-state index contributed by atoms with van der Waals surface area (Å²) < 4.78 is 0. The molecule has 0 aliphatic carbocycles. The van der Waals surface area contributed by atoms with Gasteiger partial charge in [-0.3, -0.25) is 4.79 Å². The van der Waals surface area contributed by atoms with E-state index < -0.39 is 0 Å². The molecule has 0 radical (unpaired) electrons. The Labute approximate surface area is 100.0 Å². The van der Waals surface area contributed by atoms with E-state index in [1.165, 1.54) is 20.8 Å². The first-order valence-corrected chi connectivity index (χ1v) is 4.28. The summed E-state index contributed by atoms with van der Waals surface area (Å²) in [5.41, 5.74) is 0. The van der Waals surface area contributed by atoms with Gasteiger partial charge >= 0.3 is 0 Å². The fourth-order valence-corrected chi connectivity index (χ4v) is 0. The van der Waals surface area contributed by atoms with Crippen molar-refractivity contribution < 1.29 is 35.1 Å². The zero-order valence-electron chi connectivity index (χ0n) is 10.1. The molecule has 0 atom stereocenters. The van der Waals surface area contributed by atoms with Crippen LogP contribution in [0.25, 0.3) is 0 Å². The van der Waals surface area contributed by atoms with E-state index in [0.29, 0.717) is 25.0 Å². The van der Waals surface area contributed by atoms with Crippen LogP contribution in [0.5, 0.6) is 0 Å². The molecule has 7 nitrogen and oxygen atoms in total. The summed E-state index contributed by atoms with van der Waals surface area (Å²) in [5.74, 6) is -0.0231. The molecule has 0 bridgehead atoms. The third kappa shape index (κ3) is 512. The second-order valence-corrected chi connectivity index (χ2v) is 2.36. The van der Waals surface area contributed by atoms with Crippen molar-refractivity contribution in [3.63, 3.8) is 0 Å². The van der Waals surface area contributed by atoms with Crippen LogP contribution in [0, 0.1) is 0 Å². The highest BCUT2D eigenvalue weighted by molar-refractivity contribution is 5.76. The summed E-state index contributed by atoms with van der Waals surface area (Å²) >= 11 is 0. The van der Waals surface area contributed by atoms with Crippen LogP contribution in [-0.2, 0) is 9.59 Å². The lowest BCUT2D eigenvalue weighted by Crippen LogP contribution is -1.93. The lowest BCUT2D eigenvalue weighted by atomic mass is 10.5. The second-order valence-electron chi connectivity index (χ2n) is 2.36. The molecular formula is C10H20O7. The predicted molar refractivity (Wildman–Crippen MR) is 62.9 cm³/mol. The molecule has 17 heavy (non-hydrogen) atoms. The minimum atomic E-state index is -0.333. The minimum Gasteiger partial charge on any atom is -0.512 e. The van der Waals surface area contributed by atoms with Crippen molar-refractivity contribution in [2.45, 2.75) is 20.8 Å². The molecule has 0 rings (SSSR count). The SMILES string of the molecule is CC(=O)CO.CC(C)=O.O/C=C/O.O/C=C/O. The molecule has 0 aromatic carbocycles. The van der Waals surface area contributed by atoms with E-state index in [-0.39, 0.29) is 18.2 Å². The van der Waals surface area contributed by atoms with Gasteiger partial charge in [-0.05, 0) is 20.8 Å². The Bertz CT molecular complexity index is 187. The van der Waals surface area contributed by atoms with Crippen LogP contribution in [0.4, 0.5) is 0 Å². The van der Waals surface area contributed by atoms with Gasteiger partial charge in [0.2, 0.25) is 0 Å². The summed E-state index contributed by atoms with van der Waals surface area (Å²) in [5, 5.41) is 37.6. The highest BCUT2D eigenvalue weighted by Crippen LogP contribution is 1.55. The maximum absolute atomic E-state index is 9.56. The van der Waals surface area contributed by atoms with Gasteiger partial charge < -0.3 is 30.3 Å². The molecule has 0 aliphatic heterocycles. The van der Waals surface area contributed by atoms with E-state index >= 15 is 0 Å². The standard InChI is InChI=1S/C3H6O2.C3H6O.2C2H4O2/c1-3(5)2-4;1-3(2)4;2*3-1-2-4/h4H,2H2,1H3;1-2H3;2*1-4H/b;;2*2-1+. The fraction of sp³-hybridized carbons (Fsp3) is 0.400. The summed E-state index contributed by atoms with van der Waals surface area (Å²) in [6.07, 6.45) is 2.22. The number of Topliss-reactive ketones (excluding diaryl/α,β-unsaturated/α-hetero) is 2. The van der Waals surface area contributed by atoms with Crippen molar-refractivity contribution in [3.05, 3.63) is 25.0 Å². The quantitative estimate of drug-likeness (QED) is 0.444. The van der Waals surface area contributed by atoms with Crippen LogP contribution < -0.4 is 0 Å². The van der Waals surface area contributed by atoms with Gasteiger partial charge in [-0.15, -0.1) is 0 Å². The van der Waals surface area contributed by atoms with Crippen LogP contribution in [0.1, 0.15) is 20.8 Å². The molecule has 0 aromatic rings. The van der Waals surface area contributed by atoms with Crippen molar-refractivity contribution in [2.75, 3.05) is 6.61 Å². The van der Waals surface area contributed by atoms with Gasteiger partial charge in [0.1, 0.15) is 37.4 Å². The van der Waals surface area contributed by atoms with Gasteiger partial charge in [0.15, 0.2) is 5.78 Å². The summed E-state index contributed by atoms with van der Waals surface area (Å²) in [6.45, 7) is 4.06. The molecule has 0 amide bonds. The fourth-order valence-electron chi connectivity index (χ4n) is 0. The van der Waals surface area contributed by atoms with Gasteiger partial charge in [0.05, 0.1) is 0 Å². The Morgan fingerprint density at radius 3 is 0.941 bits per heavy atom. The van der Waals surface area contributed by atoms with Gasteiger partial charge in [-0.2, -0.15) is 0 Å². The molecule has 0 saturated heterocycles. The normalized spacial score (nSPS) is 8.00. The van der Waals surface area contributed by atoms with E-state index in [2.05, 4.69) is 0 Å². The number of aliphatic hydroxyl groups excluding tert-OH is 5. The van der Waals surface area contributed by atoms with Crippen LogP contribution >= 0.6 is 0 Å². The Kier molecular flexibility index (Phi) is 41.7. The molecule has 0 fully saturated rings. The predicted octanol–water partition coefficient (Wildman–Crippen LogP) is 1.31. The summed E-state index contributed by atoms with van der Waals surface area (Å²) in [6, 6.07) is 0. The number of carbonyl (C=O) groups excluding carboxylic acids is 2. The first kappa shape index (κ1) is 24.3. The number of carbonyl (C=O) groups is 2. The number of aliphatic hydroxyl groups is 5. The molecule has 0 unspecified atom stereocenters. The third-order valence-electron chi connectivity index (χ3n) is 0.356. The van der Waals surface area contributed by atoms with E-state index in [4.69, 9.17) is 25.5 Å². The van der Waals surface area contributed by atoms with Crippen molar-refractivity contribution in [2.24, 2.45) is 0 Å². The van der Waals surface area contributed by atoms with E-state index in [1.54, 1.807) is 0 Å². The lowest BCUT2D eigenvalue weighted by Gasteiger charge is -1.72. The zero-order valence-corrected chi connectivity index (χ0v) is 10.1. The zero-order chi connectivity index (χ0) is 14.7. The number of hydrogen-bond donors (Lipinski definition) is 5. The number of hydrogen-bond acceptors (Lipinski definition) is 7. The summed E-state index contributed by atoms with van der Waals surface area (Å²) in [4.78, 5) is 19.0. The third-order valence-corrected chi connectivity index (χ3v) is 0.356. The van der Waals surface area contributed by atoms with E-state index in [0.717, 1.165) is 0 Å². The van der Waals surface area contributed by atoms with Gasteiger partial charge in [-0.25, -0.2) is 0 Å². The van der Waals surface area contributed by atoms with Crippen molar-refractivity contribution >= 4 is 11.6 Å². The number of ketones is 2. The van der Waals surface area contributed by atoms with Crippen LogP contribution in [0.2, 0.25) is 0 Å².